The molecule has 0 spiro atoms. The molecule has 0 aliphatic heterocycles. The summed E-state index contributed by atoms with van der Waals surface area (Å²) in [6.07, 6.45) is 0. The highest BCUT2D eigenvalue weighted by atomic mass is 16.3. The van der Waals surface area contributed by atoms with Gasteiger partial charge in [-0.1, -0.05) is 42.0 Å². The lowest BCUT2D eigenvalue weighted by molar-refractivity contribution is 0.280. The summed E-state index contributed by atoms with van der Waals surface area (Å²) < 4.78 is 0. The predicted octanol–water partition coefficient (Wildman–Crippen LogP) is 3.72. The maximum absolute atomic E-state index is 9.33. The topological polar surface area (TPSA) is 32.3 Å². The van der Waals surface area contributed by atoms with Gasteiger partial charge in [-0.15, -0.1) is 0 Å². The van der Waals surface area contributed by atoms with E-state index in [9.17, 15) is 5.11 Å². The second-order valence-corrected chi connectivity index (χ2v) is 5.05. The van der Waals surface area contributed by atoms with Crippen molar-refractivity contribution in [2.24, 2.45) is 0 Å². The normalized spacial score (nSPS) is 10.5. The number of hydrogen-bond acceptors (Lipinski definition) is 2. The van der Waals surface area contributed by atoms with E-state index in [2.05, 4.69) is 44.3 Å². The van der Waals surface area contributed by atoms with Crippen LogP contribution in [0.1, 0.15) is 27.8 Å². The van der Waals surface area contributed by atoms with Crippen LogP contribution in [0.25, 0.3) is 0 Å². The minimum Gasteiger partial charge on any atom is -0.392 e. The van der Waals surface area contributed by atoms with Crippen molar-refractivity contribution in [2.75, 3.05) is 5.32 Å². The van der Waals surface area contributed by atoms with Crippen LogP contribution in [0.2, 0.25) is 0 Å². The summed E-state index contributed by atoms with van der Waals surface area (Å²) >= 11 is 0. The maximum atomic E-state index is 9.33. The highest BCUT2D eigenvalue weighted by Gasteiger charge is 2.05. The fourth-order valence-electron chi connectivity index (χ4n) is 2.53. The second kappa shape index (κ2) is 5.89. The van der Waals surface area contributed by atoms with Crippen LogP contribution in [0, 0.1) is 20.8 Å². The SMILES string of the molecule is Cc1cc(C)c(NCc2ccccc2CO)c(C)c1. The van der Waals surface area contributed by atoms with Crippen molar-refractivity contribution in [1.29, 1.82) is 0 Å². The van der Waals surface area contributed by atoms with E-state index in [0.717, 1.165) is 17.7 Å². The van der Waals surface area contributed by atoms with Crippen molar-refractivity contribution in [1.82, 2.24) is 0 Å². The molecule has 2 aromatic rings. The molecule has 0 atom stereocenters. The Bertz CT molecular complexity index is 552. The van der Waals surface area contributed by atoms with Crippen LogP contribution >= 0.6 is 0 Å². The fourth-order valence-corrected chi connectivity index (χ4v) is 2.53. The van der Waals surface area contributed by atoms with Gasteiger partial charge in [-0.25, -0.2) is 0 Å². The molecule has 2 heteroatoms. The lowest BCUT2D eigenvalue weighted by atomic mass is 10.0. The number of benzene rings is 2. The zero-order valence-corrected chi connectivity index (χ0v) is 11.8. The molecule has 2 aromatic carbocycles. The van der Waals surface area contributed by atoms with E-state index >= 15 is 0 Å². The Morgan fingerprint density at radius 1 is 0.947 bits per heavy atom. The first-order valence-electron chi connectivity index (χ1n) is 6.61. The first-order valence-corrected chi connectivity index (χ1v) is 6.61. The zero-order valence-electron chi connectivity index (χ0n) is 11.8. The van der Waals surface area contributed by atoms with Crippen LogP contribution in [0.5, 0.6) is 0 Å². The Morgan fingerprint density at radius 3 is 2.11 bits per heavy atom. The van der Waals surface area contributed by atoms with Crippen LogP contribution in [0.15, 0.2) is 36.4 Å². The third kappa shape index (κ3) is 3.15. The Hall–Kier alpha value is -1.80. The molecule has 19 heavy (non-hydrogen) atoms. The van der Waals surface area contributed by atoms with Gasteiger partial charge in [0.15, 0.2) is 0 Å². The van der Waals surface area contributed by atoms with Crippen LogP contribution in [-0.2, 0) is 13.2 Å². The quantitative estimate of drug-likeness (QED) is 0.872. The standard InChI is InChI=1S/C17H21NO/c1-12-8-13(2)17(14(3)9-12)18-10-15-6-4-5-7-16(15)11-19/h4-9,18-19H,10-11H2,1-3H3. The number of aliphatic hydroxyl groups is 1. The molecule has 2 nitrogen and oxygen atoms in total. The average Bonchev–Trinajstić information content (AvgIpc) is 2.38. The number of aliphatic hydroxyl groups excluding tert-OH is 1. The zero-order chi connectivity index (χ0) is 13.8. The first kappa shape index (κ1) is 13.6. The Labute approximate surface area is 115 Å². The minimum absolute atomic E-state index is 0.0870. The lowest BCUT2D eigenvalue weighted by Crippen LogP contribution is -2.05. The molecule has 0 bridgehead atoms. The number of hydrogen-bond donors (Lipinski definition) is 2. The van der Waals surface area contributed by atoms with Crippen molar-refractivity contribution in [3.8, 4) is 0 Å². The number of rotatable bonds is 4. The highest BCUT2D eigenvalue weighted by Crippen LogP contribution is 2.23. The molecule has 0 heterocycles. The van der Waals surface area contributed by atoms with Crippen molar-refractivity contribution in [3.05, 3.63) is 64.2 Å². The van der Waals surface area contributed by atoms with Crippen LogP contribution in [-0.4, -0.2) is 5.11 Å². The molecule has 0 unspecified atom stereocenters. The maximum Gasteiger partial charge on any atom is 0.0685 e. The molecule has 2 N–H and O–H groups in total. The number of nitrogens with one attached hydrogen (secondary N) is 1. The monoisotopic (exact) mass is 255 g/mol. The summed E-state index contributed by atoms with van der Waals surface area (Å²) in [6.45, 7) is 7.19. The smallest absolute Gasteiger partial charge is 0.0685 e. The largest absolute Gasteiger partial charge is 0.392 e. The van der Waals surface area contributed by atoms with E-state index < -0.39 is 0 Å². The third-order valence-electron chi connectivity index (χ3n) is 3.42. The Kier molecular flexibility index (Phi) is 4.23. The van der Waals surface area contributed by atoms with Gasteiger partial charge in [-0.2, -0.15) is 0 Å². The predicted molar refractivity (Wildman–Crippen MR) is 80.3 cm³/mol. The van der Waals surface area contributed by atoms with Crippen LogP contribution in [0.4, 0.5) is 5.69 Å². The van der Waals surface area contributed by atoms with Gasteiger partial charge in [0.25, 0.3) is 0 Å². The van der Waals surface area contributed by atoms with E-state index in [1.54, 1.807) is 0 Å². The van der Waals surface area contributed by atoms with Crippen molar-refractivity contribution in [2.45, 2.75) is 33.9 Å². The number of aryl methyl sites for hydroxylation is 3. The van der Waals surface area contributed by atoms with Gasteiger partial charge < -0.3 is 10.4 Å². The van der Waals surface area contributed by atoms with Gasteiger partial charge in [-0.3, -0.25) is 0 Å². The molecular weight excluding hydrogens is 234 g/mol. The molecular formula is C17H21NO. The molecule has 2 rings (SSSR count). The number of anilines is 1. The summed E-state index contributed by atoms with van der Waals surface area (Å²) in [5.74, 6) is 0. The minimum atomic E-state index is 0.0870. The van der Waals surface area contributed by atoms with Gasteiger partial charge in [0.2, 0.25) is 0 Å². The van der Waals surface area contributed by atoms with Crippen molar-refractivity contribution in [3.63, 3.8) is 0 Å². The summed E-state index contributed by atoms with van der Waals surface area (Å²) in [5, 5.41) is 12.8. The Morgan fingerprint density at radius 2 is 1.53 bits per heavy atom. The average molecular weight is 255 g/mol. The molecule has 100 valence electrons. The van der Waals surface area contributed by atoms with E-state index in [0.29, 0.717) is 0 Å². The summed E-state index contributed by atoms with van der Waals surface area (Å²) in [7, 11) is 0. The molecule has 0 aliphatic rings. The van der Waals surface area contributed by atoms with Gasteiger partial charge in [0.1, 0.15) is 0 Å². The molecule has 0 fully saturated rings. The third-order valence-corrected chi connectivity index (χ3v) is 3.42. The molecule has 0 saturated heterocycles. The summed E-state index contributed by atoms with van der Waals surface area (Å²) in [6, 6.07) is 12.4. The lowest BCUT2D eigenvalue weighted by Gasteiger charge is -2.15. The molecule has 0 aromatic heterocycles. The first-order chi connectivity index (χ1) is 9.11. The fraction of sp³-hybridized carbons (Fsp3) is 0.294. The Balaban J connectivity index is 2.19. The van der Waals surface area contributed by atoms with Crippen LogP contribution in [0.3, 0.4) is 0 Å². The van der Waals surface area contributed by atoms with Crippen LogP contribution < -0.4 is 5.32 Å². The molecule has 0 amide bonds. The second-order valence-electron chi connectivity index (χ2n) is 5.05. The molecule has 0 radical (unpaired) electrons. The van der Waals surface area contributed by atoms with Gasteiger partial charge in [0, 0.05) is 12.2 Å². The van der Waals surface area contributed by atoms with Gasteiger partial charge in [0.05, 0.1) is 6.61 Å². The van der Waals surface area contributed by atoms with E-state index in [1.807, 2.05) is 18.2 Å². The van der Waals surface area contributed by atoms with Crippen molar-refractivity contribution >= 4 is 5.69 Å². The van der Waals surface area contributed by atoms with E-state index in [4.69, 9.17) is 0 Å². The van der Waals surface area contributed by atoms with Gasteiger partial charge >= 0.3 is 0 Å². The van der Waals surface area contributed by atoms with E-state index in [-0.39, 0.29) is 6.61 Å². The van der Waals surface area contributed by atoms with Crippen molar-refractivity contribution < 1.29 is 5.11 Å². The summed E-state index contributed by atoms with van der Waals surface area (Å²) in [4.78, 5) is 0. The molecule has 0 aliphatic carbocycles. The summed E-state index contributed by atoms with van der Waals surface area (Å²) in [5.41, 5.74) is 7.13. The van der Waals surface area contributed by atoms with E-state index in [1.165, 1.54) is 22.4 Å². The van der Waals surface area contributed by atoms with Gasteiger partial charge in [-0.05, 0) is 43.0 Å². The molecule has 0 saturated carbocycles. The highest BCUT2D eigenvalue weighted by molar-refractivity contribution is 5.58.